The van der Waals surface area contributed by atoms with Crippen LogP contribution in [0.2, 0.25) is 10.0 Å². The van der Waals surface area contributed by atoms with Crippen LogP contribution in [-0.4, -0.2) is 40.6 Å². The summed E-state index contributed by atoms with van der Waals surface area (Å²) in [5.74, 6) is 1.74. The lowest BCUT2D eigenvalue weighted by atomic mass is 10.2. The molecular weight excluding hydrogens is 447 g/mol. The van der Waals surface area contributed by atoms with E-state index < -0.39 is 0 Å². The number of halogens is 2. The monoisotopic (exact) mass is 466 g/mol. The molecule has 0 radical (unpaired) electrons. The third-order valence-electron chi connectivity index (χ3n) is 4.22. The summed E-state index contributed by atoms with van der Waals surface area (Å²) in [6, 6.07) is 10.4. The summed E-state index contributed by atoms with van der Waals surface area (Å²) in [5.41, 5.74) is 1.30. The SMILES string of the molecule is CCn1c(SCC(=O)Nc2ccc(OC)cc2OC)nnc1-c1ccc(Cl)cc1Cl. The molecule has 7 nitrogen and oxygen atoms in total. The molecule has 0 unspecified atom stereocenters. The van der Waals surface area contributed by atoms with Crippen molar-refractivity contribution in [1.29, 1.82) is 0 Å². The summed E-state index contributed by atoms with van der Waals surface area (Å²) in [6.07, 6.45) is 0. The number of nitrogens with zero attached hydrogens (tertiary/aromatic N) is 3. The molecule has 0 saturated heterocycles. The van der Waals surface area contributed by atoms with Crippen LogP contribution in [0.4, 0.5) is 5.69 Å². The fourth-order valence-corrected chi connectivity index (χ4v) is 4.06. The van der Waals surface area contributed by atoms with Gasteiger partial charge in [0.25, 0.3) is 0 Å². The van der Waals surface area contributed by atoms with Gasteiger partial charge in [0.2, 0.25) is 5.91 Å². The standard InChI is InChI=1S/C20H20Cl2N4O3S/c1-4-26-19(14-7-5-12(21)9-15(14)22)24-25-20(26)30-11-18(27)23-16-8-6-13(28-2)10-17(16)29-3/h5-10H,4,11H2,1-3H3,(H,23,27). The average molecular weight is 467 g/mol. The van der Waals surface area contributed by atoms with Gasteiger partial charge in [-0.1, -0.05) is 35.0 Å². The number of methoxy groups -OCH3 is 2. The quantitative estimate of drug-likeness (QED) is 0.469. The molecule has 2 aromatic carbocycles. The van der Waals surface area contributed by atoms with Crippen LogP contribution in [0.25, 0.3) is 11.4 Å². The molecule has 0 bridgehead atoms. The predicted octanol–water partition coefficient (Wildman–Crippen LogP) is 5.02. The van der Waals surface area contributed by atoms with Crippen LogP contribution in [0, 0.1) is 0 Å². The number of carbonyl (C=O) groups is 1. The number of aromatic nitrogens is 3. The van der Waals surface area contributed by atoms with Crippen LogP contribution in [0.5, 0.6) is 11.5 Å². The lowest BCUT2D eigenvalue weighted by molar-refractivity contribution is -0.113. The van der Waals surface area contributed by atoms with Crippen molar-refractivity contribution in [2.45, 2.75) is 18.6 Å². The van der Waals surface area contributed by atoms with Crippen LogP contribution in [0.15, 0.2) is 41.6 Å². The predicted molar refractivity (Wildman–Crippen MR) is 120 cm³/mol. The zero-order valence-corrected chi connectivity index (χ0v) is 18.9. The Bertz CT molecular complexity index is 1060. The molecule has 10 heteroatoms. The first-order valence-corrected chi connectivity index (χ1v) is 10.7. The van der Waals surface area contributed by atoms with Crippen LogP contribution < -0.4 is 14.8 Å². The van der Waals surface area contributed by atoms with E-state index in [1.54, 1.807) is 43.5 Å². The van der Waals surface area contributed by atoms with Gasteiger partial charge in [0.15, 0.2) is 11.0 Å². The van der Waals surface area contributed by atoms with Gasteiger partial charge in [-0.15, -0.1) is 10.2 Å². The minimum absolute atomic E-state index is 0.154. The number of hydrogen-bond donors (Lipinski definition) is 1. The van der Waals surface area contributed by atoms with Gasteiger partial charge in [-0.3, -0.25) is 4.79 Å². The highest BCUT2D eigenvalue weighted by molar-refractivity contribution is 7.99. The molecule has 0 saturated carbocycles. The fraction of sp³-hybridized carbons (Fsp3) is 0.250. The van der Waals surface area contributed by atoms with Crippen molar-refractivity contribution < 1.29 is 14.3 Å². The van der Waals surface area contributed by atoms with Gasteiger partial charge in [-0.05, 0) is 37.3 Å². The van der Waals surface area contributed by atoms with E-state index in [1.807, 2.05) is 11.5 Å². The fourth-order valence-electron chi connectivity index (χ4n) is 2.77. The summed E-state index contributed by atoms with van der Waals surface area (Å²) in [4.78, 5) is 12.5. The van der Waals surface area contributed by atoms with Gasteiger partial charge < -0.3 is 19.4 Å². The summed E-state index contributed by atoms with van der Waals surface area (Å²) in [7, 11) is 3.10. The second-order valence-electron chi connectivity index (χ2n) is 6.08. The zero-order chi connectivity index (χ0) is 21.7. The number of carbonyl (C=O) groups excluding carboxylic acids is 1. The van der Waals surface area contributed by atoms with Crippen molar-refractivity contribution in [2.75, 3.05) is 25.3 Å². The molecule has 3 rings (SSSR count). The molecule has 1 N–H and O–H groups in total. The van der Waals surface area contributed by atoms with E-state index in [2.05, 4.69) is 15.5 Å². The van der Waals surface area contributed by atoms with Crippen LogP contribution in [-0.2, 0) is 11.3 Å². The first kappa shape index (κ1) is 22.3. The molecule has 1 aromatic heterocycles. The number of ether oxygens (including phenoxy) is 2. The number of thioether (sulfide) groups is 1. The first-order valence-electron chi connectivity index (χ1n) is 9.00. The minimum atomic E-state index is -0.194. The molecule has 30 heavy (non-hydrogen) atoms. The normalized spacial score (nSPS) is 10.7. The molecule has 0 spiro atoms. The van der Waals surface area contributed by atoms with Gasteiger partial charge in [0, 0.05) is 23.2 Å². The van der Waals surface area contributed by atoms with E-state index in [0.717, 1.165) is 5.56 Å². The van der Waals surface area contributed by atoms with E-state index in [9.17, 15) is 4.79 Å². The van der Waals surface area contributed by atoms with Gasteiger partial charge in [-0.25, -0.2) is 0 Å². The van der Waals surface area contributed by atoms with Crippen molar-refractivity contribution in [3.63, 3.8) is 0 Å². The average Bonchev–Trinajstić information content (AvgIpc) is 3.15. The van der Waals surface area contributed by atoms with E-state index in [4.69, 9.17) is 32.7 Å². The Balaban J connectivity index is 1.72. The summed E-state index contributed by atoms with van der Waals surface area (Å²) >= 11 is 13.6. The minimum Gasteiger partial charge on any atom is -0.497 e. The van der Waals surface area contributed by atoms with Crippen LogP contribution in [0.1, 0.15) is 6.92 Å². The molecule has 0 aliphatic carbocycles. The van der Waals surface area contributed by atoms with Gasteiger partial charge in [0.1, 0.15) is 11.5 Å². The summed E-state index contributed by atoms with van der Waals surface area (Å²) < 4.78 is 12.4. The van der Waals surface area contributed by atoms with E-state index in [-0.39, 0.29) is 11.7 Å². The molecule has 3 aromatic rings. The van der Waals surface area contributed by atoms with Crippen molar-refractivity contribution in [3.05, 3.63) is 46.4 Å². The van der Waals surface area contributed by atoms with E-state index in [0.29, 0.717) is 44.8 Å². The number of rotatable bonds is 8. The van der Waals surface area contributed by atoms with Crippen molar-refractivity contribution in [2.24, 2.45) is 0 Å². The highest BCUT2D eigenvalue weighted by atomic mass is 35.5. The van der Waals surface area contributed by atoms with Gasteiger partial charge in [-0.2, -0.15) is 0 Å². The molecular formula is C20H20Cl2N4O3S. The van der Waals surface area contributed by atoms with Crippen LogP contribution in [0.3, 0.4) is 0 Å². The first-order chi connectivity index (χ1) is 14.5. The largest absolute Gasteiger partial charge is 0.497 e. The van der Waals surface area contributed by atoms with E-state index >= 15 is 0 Å². The number of nitrogens with one attached hydrogen (secondary N) is 1. The Labute approximate surface area is 188 Å². The molecule has 158 valence electrons. The molecule has 1 heterocycles. The van der Waals surface area contributed by atoms with Gasteiger partial charge >= 0.3 is 0 Å². The molecule has 0 aliphatic rings. The Morgan fingerprint density at radius 3 is 2.60 bits per heavy atom. The van der Waals surface area contributed by atoms with E-state index in [1.165, 1.54) is 18.9 Å². The van der Waals surface area contributed by atoms with Crippen molar-refractivity contribution in [3.8, 4) is 22.9 Å². The van der Waals surface area contributed by atoms with Crippen LogP contribution >= 0.6 is 35.0 Å². The smallest absolute Gasteiger partial charge is 0.234 e. The number of anilines is 1. The third-order valence-corrected chi connectivity index (χ3v) is 5.73. The topological polar surface area (TPSA) is 78.3 Å². The number of amides is 1. The summed E-state index contributed by atoms with van der Waals surface area (Å²) in [5, 5.41) is 13.0. The maximum absolute atomic E-state index is 12.5. The van der Waals surface area contributed by atoms with Crippen molar-refractivity contribution >= 4 is 46.6 Å². The maximum atomic E-state index is 12.5. The number of benzene rings is 2. The maximum Gasteiger partial charge on any atom is 0.234 e. The Morgan fingerprint density at radius 2 is 1.93 bits per heavy atom. The second kappa shape index (κ2) is 10.1. The molecule has 1 amide bonds. The zero-order valence-electron chi connectivity index (χ0n) is 16.6. The highest BCUT2D eigenvalue weighted by Gasteiger charge is 2.17. The number of hydrogen-bond acceptors (Lipinski definition) is 6. The lowest BCUT2D eigenvalue weighted by Crippen LogP contribution is -2.15. The lowest BCUT2D eigenvalue weighted by Gasteiger charge is -2.12. The Morgan fingerprint density at radius 1 is 1.13 bits per heavy atom. The summed E-state index contributed by atoms with van der Waals surface area (Å²) in [6.45, 7) is 2.60. The molecule has 0 aliphatic heterocycles. The van der Waals surface area contributed by atoms with Crippen molar-refractivity contribution in [1.82, 2.24) is 14.8 Å². The van der Waals surface area contributed by atoms with Gasteiger partial charge in [0.05, 0.1) is 30.7 Å². The highest BCUT2D eigenvalue weighted by Crippen LogP contribution is 2.32. The molecule has 0 fully saturated rings. The second-order valence-corrected chi connectivity index (χ2v) is 7.86. The Kier molecular flexibility index (Phi) is 7.47. The molecule has 0 atom stereocenters. The Hall–Kier alpha value is -2.42. The third kappa shape index (κ3) is 5.00.